The summed E-state index contributed by atoms with van der Waals surface area (Å²) < 4.78 is 5.48. The molecule has 0 atom stereocenters. The van der Waals surface area contributed by atoms with Crippen molar-refractivity contribution in [1.82, 2.24) is 5.16 Å². The second-order valence-corrected chi connectivity index (χ2v) is 8.63. The smallest absolute Gasteiger partial charge is 0.137 e. The molecule has 0 aromatic carbocycles. The van der Waals surface area contributed by atoms with Crippen molar-refractivity contribution in [3.63, 3.8) is 0 Å². The van der Waals surface area contributed by atoms with Gasteiger partial charge in [-0.15, -0.1) is 0 Å². The van der Waals surface area contributed by atoms with Crippen LogP contribution < -0.4 is 0 Å². The maximum atomic E-state index is 5.48. The molecule has 1 aromatic heterocycles. The number of hydrogen-bond acceptors (Lipinski definition) is 2. The van der Waals surface area contributed by atoms with Gasteiger partial charge < -0.3 is 4.52 Å². The molecule has 120 valence electrons. The van der Waals surface area contributed by atoms with Crippen molar-refractivity contribution in [2.75, 3.05) is 0 Å². The lowest BCUT2D eigenvalue weighted by atomic mass is 9.68. The number of hydrogen-bond donors (Lipinski definition) is 0. The molecule has 1 aliphatic carbocycles. The van der Waals surface area contributed by atoms with E-state index in [2.05, 4.69) is 39.8 Å². The fraction of sp³-hybridized carbons (Fsp3) is 0.842. The maximum absolute atomic E-state index is 5.48. The Bertz CT molecular complexity index is 458. The third-order valence-corrected chi connectivity index (χ3v) is 5.40. The van der Waals surface area contributed by atoms with E-state index in [1.807, 2.05) is 6.92 Å². The predicted octanol–water partition coefficient (Wildman–Crippen LogP) is 5.82. The first-order chi connectivity index (χ1) is 9.72. The van der Waals surface area contributed by atoms with E-state index in [0.29, 0.717) is 5.41 Å². The monoisotopic (exact) mass is 291 g/mol. The summed E-state index contributed by atoms with van der Waals surface area (Å²) in [5.41, 5.74) is 3.04. The molecule has 1 aromatic rings. The van der Waals surface area contributed by atoms with Crippen LogP contribution in [0.1, 0.15) is 90.2 Å². The second kappa shape index (κ2) is 6.14. The summed E-state index contributed by atoms with van der Waals surface area (Å²) in [6, 6.07) is 0. The number of aryl methyl sites for hydroxylation is 2. The van der Waals surface area contributed by atoms with Gasteiger partial charge in [-0.1, -0.05) is 59.0 Å². The highest BCUT2D eigenvalue weighted by Crippen LogP contribution is 2.42. The molecule has 0 bridgehead atoms. The third-order valence-electron chi connectivity index (χ3n) is 5.40. The van der Waals surface area contributed by atoms with Crippen LogP contribution in [0.2, 0.25) is 0 Å². The minimum atomic E-state index is 0.119. The number of nitrogens with zero attached hydrogens (tertiary/aromatic N) is 1. The van der Waals surface area contributed by atoms with Crippen molar-refractivity contribution in [3.05, 3.63) is 17.0 Å². The Balaban J connectivity index is 2.06. The topological polar surface area (TPSA) is 26.0 Å². The first-order valence-electron chi connectivity index (χ1n) is 8.67. The highest BCUT2D eigenvalue weighted by Gasteiger charge is 2.32. The maximum Gasteiger partial charge on any atom is 0.137 e. The lowest BCUT2D eigenvalue weighted by Crippen LogP contribution is -2.27. The van der Waals surface area contributed by atoms with E-state index in [1.165, 1.54) is 49.8 Å². The van der Waals surface area contributed by atoms with Crippen LogP contribution in [0.5, 0.6) is 0 Å². The van der Waals surface area contributed by atoms with Gasteiger partial charge in [0.25, 0.3) is 0 Å². The molecule has 0 amide bonds. The molecule has 2 nitrogen and oxygen atoms in total. The molecule has 0 saturated heterocycles. The molecular formula is C19H33NO. The summed E-state index contributed by atoms with van der Waals surface area (Å²) in [6.45, 7) is 13.7. The summed E-state index contributed by atoms with van der Waals surface area (Å²) in [7, 11) is 0. The van der Waals surface area contributed by atoms with Gasteiger partial charge in [0.15, 0.2) is 0 Å². The lowest BCUT2D eigenvalue weighted by Gasteiger charge is -2.37. The van der Waals surface area contributed by atoms with Crippen molar-refractivity contribution >= 4 is 0 Å². The standard InChI is InChI=1S/C19H33NO/c1-14-17(18(2,3)4)16(20-21-14)12-13-19(5,6)15-10-8-7-9-11-15/h15H,7-13H2,1-6H3. The summed E-state index contributed by atoms with van der Waals surface area (Å²) >= 11 is 0. The number of aromatic nitrogens is 1. The van der Waals surface area contributed by atoms with Crippen LogP contribution in [0, 0.1) is 18.3 Å². The fourth-order valence-electron chi connectivity index (χ4n) is 4.08. The molecule has 21 heavy (non-hydrogen) atoms. The zero-order valence-electron chi connectivity index (χ0n) is 14.9. The molecule has 2 rings (SSSR count). The quantitative estimate of drug-likeness (QED) is 0.698. The third kappa shape index (κ3) is 3.90. The first-order valence-corrected chi connectivity index (χ1v) is 8.67. The molecule has 0 N–H and O–H groups in total. The van der Waals surface area contributed by atoms with Gasteiger partial charge in [-0.2, -0.15) is 0 Å². The molecular weight excluding hydrogens is 258 g/mol. The van der Waals surface area contributed by atoms with Crippen molar-refractivity contribution in [3.8, 4) is 0 Å². The van der Waals surface area contributed by atoms with Crippen LogP contribution in [0.4, 0.5) is 0 Å². The van der Waals surface area contributed by atoms with Crippen molar-refractivity contribution in [2.45, 2.75) is 91.9 Å². The fourth-order valence-corrected chi connectivity index (χ4v) is 4.08. The molecule has 0 radical (unpaired) electrons. The average molecular weight is 291 g/mol. The van der Waals surface area contributed by atoms with Crippen LogP contribution in [0.15, 0.2) is 4.52 Å². The van der Waals surface area contributed by atoms with E-state index in [9.17, 15) is 0 Å². The van der Waals surface area contributed by atoms with Gasteiger partial charge >= 0.3 is 0 Å². The zero-order chi connectivity index (χ0) is 15.7. The van der Waals surface area contributed by atoms with Crippen LogP contribution in [-0.2, 0) is 11.8 Å². The normalized spacial score (nSPS) is 18.2. The summed E-state index contributed by atoms with van der Waals surface area (Å²) in [6.07, 6.45) is 9.37. The van der Waals surface area contributed by atoms with E-state index in [1.54, 1.807) is 0 Å². The van der Waals surface area contributed by atoms with Crippen LogP contribution in [0.3, 0.4) is 0 Å². The van der Waals surface area contributed by atoms with Gasteiger partial charge in [0.2, 0.25) is 0 Å². The Morgan fingerprint density at radius 3 is 2.24 bits per heavy atom. The van der Waals surface area contributed by atoms with Gasteiger partial charge in [0.1, 0.15) is 5.76 Å². The number of rotatable bonds is 4. The molecule has 1 aliphatic rings. The molecule has 0 unspecified atom stereocenters. The highest BCUT2D eigenvalue weighted by molar-refractivity contribution is 5.29. The lowest BCUT2D eigenvalue weighted by molar-refractivity contribution is 0.145. The Kier molecular flexibility index (Phi) is 4.85. The summed E-state index contributed by atoms with van der Waals surface area (Å²) in [5.74, 6) is 1.88. The Hall–Kier alpha value is -0.790. The van der Waals surface area contributed by atoms with E-state index < -0.39 is 0 Å². The largest absolute Gasteiger partial charge is 0.361 e. The second-order valence-electron chi connectivity index (χ2n) is 8.63. The first kappa shape index (κ1) is 16.6. The summed E-state index contributed by atoms with van der Waals surface area (Å²) in [4.78, 5) is 0. The van der Waals surface area contributed by atoms with Crippen molar-refractivity contribution in [2.24, 2.45) is 11.3 Å². The molecule has 1 heterocycles. The Morgan fingerprint density at radius 1 is 1.05 bits per heavy atom. The minimum absolute atomic E-state index is 0.119. The van der Waals surface area contributed by atoms with Crippen LogP contribution in [0.25, 0.3) is 0 Å². The van der Waals surface area contributed by atoms with Gasteiger partial charge in [0, 0.05) is 5.56 Å². The van der Waals surface area contributed by atoms with E-state index in [4.69, 9.17) is 4.52 Å². The van der Waals surface area contributed by atoms with Crippen LogP contribution >= 0.6 is 0 Å². The zero-order valence-corrected chi connectivity index (χ0v) is 14.9. The molecule has 0 aliphatic heterocycles. The SMILES string of the molecule is Cc1onc(CCC(C)(C)C2CCCCC2)c1C(C)(C)C. The average Bonchev–Trinajstić information content (AvgIpc) is 2.79. The van der Waals surface area contributed by atoms with Crippen molar-refractivity contribution < 1.29 is 4.52 Å². The van der Waals surface area contributed by atoms with E-state index in [-0.39, 0.29) is 5.41 Å². The van der Waals surface area contributed by atoms with Crippen molar-refractivity contribution in [1.29, 1.82) is 0 Å². The van der Waals surface area contributed by atoms with Gasteiger partial charge in [-0.25, -0.2) is 0 Å². The molecule has 1 fully saturated rings. The van der Waals surface area contributed by atoms with Crippen LogP contribution in [-0.4, -0.2) is 5.16 Å². The Morgan fingerprint density at radius 2 is 1.67 bits per heavy atom. The highest BCUT2D eigenvalue weighted by atomic mass is 16.5. The molecule has 0 spiro atoms. The Labute approximate surface area is 130 Å². The van der Waals surface area contributed by atoms with Gasteiger partial charge in [0.05, 0.1) is 5.69 Å². The molecule has 2 heteroatoms. The molecule has 1 saturated carbocycles. The van der Waals surface area contributed by atoms with Gasteiger partial charge in [-0.3, -0.25) is 0 Å². The van der Waals surface area contributed by atoms with E-state index in [0.717, 1.165) is 18.1 Å². The van der Waals surface area contributed by atoms with Gasteiger partial charge in [-0.05, 0) is 49.4 Å². The van der Waals surface area contributed by atoms with E-state index >= 15 is 0 Å². The minimum Gasteiger partial charge on any atom is -0.361 e. The summed E-state index contributed by atoms with van der Waals surface area (Å²) in [5, 5.41) is 4.36. The predicted molar refractivity (Wildman–Crippen MR) is 88.6 cm³/mol.